The van der Waals surface area contributed by atoms with Crippen LogP contribution in [0, 0.1) is 0 Å². The minimum atomic E-state index is 0.564. The fourth-order valence-corrected chi connectivity index (χ4v) is 4.29. The van der Waals surface area contributed by atoms with Crippen molar-refractivity contribution in [3.05, 3.63) is 11.9 Å². The molecule has 1 aliphatic carbocycles. The molecule has 1 saturated heterocycles. The van der Waals surface area contributed by atoms with Crippen molar-refractivity contribution in [2.24, 2.45) is 0 Å². The molecule has 0 aromatic carbocycles. The standard InChI is InChI=1S/C18H32N4S/c1-15(23-2)8-11-21-12-9-17(10-13-21)22-14-18(19-20-22)16-6-4-3-5-7-16/h14-17H,3-13H2,1-2H3/t15-/m1/s1. The van der Waals surface area contributed by atoms with E-state index in [-0.39, 0.29) is 0 Å². The van der Waals surface area contributed by atoms with Crippen LogP contribution in [0.4, 0.5) is 0 Å². The van der Waals surface area contributed by atoms with E-state index in [9.17, 15) is 0 Å². The highest BCUT2D eigenvalue weighted by molar-refractivity contribution is 7.99. The monoisotopic (exact) mass is 336 g/mol. The summed E-state index contributed by atoms with van der Waals surface area (Å²) < 4.78 is 2.17. The van der Waals surface area contributed by atoms with Gasteiger partial charge in [-0.25, -0.2) is 4.68 Å². The van der Waals surface area contributed by atoms with Gasteiger partial charge >= 0.3 is 0 Å². The molecule has 2 aliphatic rings. The predicted molar refractivity (Wildman–Crippen MR) is 98.2 cm³/mol. The van der Waals surface area contributed by atoms with Crippen molar-refractivity contribution in [2.75, 3.05) is 25.9 Å². The molecule has 1 aromatic heterocycles. The minimum absolute atomic E-state index is 0.564. The van der Waals surface area contributed by atoms with Crippen LogP contribution in [0.2, 0.25) is 0 Å². The van der Waals surface area contributed by atoms with Gasteiger partial charge in [-0.1, -0.05) is 31.4 Å². The Balaban J connectivity index is 1.47. The molecule has 4 nitrogen and oxygen atoms in total. The van der Waals surface area contributed by atoms with Crippen LogP contribution in [0.15, 0.2) is 6.20 Å². The molecule has 23 heavy (non-hydrogen) atoms. The number of thioether (sulfide) groups is 1. The molecule has 0 spiro atoms. The molecule has 2 heterocycles. The molecule has 1 saturated carbocycles. The summed E-state index contributed by atoms with van der Waals surface area (Å²) in [5, 5.41) is 9.75. The van der Waals surface area contributed by atoms with E-state index in [1.165, 1.54) is 76.7 Å². The molecule has 0 N–H and O–H groups in total. The Bertz CT molecular complexity index is 461. The first-order valence-electron chi connectivity index (χ1n) is 9.43. The minimum Gasteiger partial charge on any atom is -0.303 e. The zero-order valence-electron chi connectivity index (χ0n) is 14.8. The second-order valence-electron chi connectivity index (χ2n) is 7.37. The van der Waals surface area contributed by atoms with Gasteiger partial charge in [-0.15, -0.1) is 5.10 Å². The first-order chi connectivity index (χ1) is 11.3. The SMILES string of the molecule is CS[C@H](C)CCN1CCC(n2cc(C3CCCCC3)nn2)CC1. The Labute approximate surface area is 145 Å². The van der Waals surface area contributed by atoms with E-state index in [1.54, 1.807) is 0 Å². The second-order valence-corrected chi connectivity index (χ2v) is 8.64. The summed E-state index contributed by atoms with van der Waals surface area (Å²) in [5.74, 6) is 0.672. The highest BCUT2D eigenvalue weighted by atomic mass is 32.2. The van der Waals surface area contributed by atoms with Crippen molar-refractivity contribution >= 4 is 11.8 Å². The summed E-state index contributed by atoms with van der Waals surface area (Å²) in [6, 6.07) is 0.564. The van der Waals surface area contributed by atoms with Crippen LogP contribution >= 0.6 is 11.8 Å². The molecule has 0 amide bonds. The molecule has 0 bridgehead atoms. The van der Waals surface area contributed by atoms with Crippen molar-refractivity contribution in [1.82, 2.24) is 19.9 Å². The quantitative estimate of drug-likeness (QED) is 0.783. The average Bonchev–Trinajstić information content (AvgIpc) is 3.11. The molecule has 3 rings (SSSR count). The molecule has 1 aromatic rings. The Morgan fingerprint density at radius 2 is 1.91 bits per heavy atom. The third-order valence-electron chi connectivity index (χ3n) is 5.74. The third kappa shape index (κ3) is 4.72. The van der Waals surface area contributed by atoms with E-state index in [2.05, 4.69) is 39.3 Å². The summed E-state index contributed by atoms with van der Waals surface area (Å²) in [6.07, 6.45) is 15.0. The highest BCUT2D eigenvalue weighted by Crippen LogP contribution is 2.32. The van der Waals surface area contributed by atoms with Gasteiger partial charge in [0, 0.05) is 30.5 Å². The van der Waals surface area contributed by atoms with Gasteiger partial charge in [-0.3, -0.25) is 0 Å². The first-order valence-corrected chi connectivity index (χ1v) is 10.7. The van der Waals surface area contributed by atoms with E-state index in [4.69, 9.17) is 0 Å². The molecule has 2 fully saturated rings. The van der Waals surface area contributed by atoms with E-state index in [0.717, 1.165) is 5.25 Å². The van der Waals surface area contributed by atoms with Gasteiger partial charge in [0.2, 0.25) is 0 Å². The van der Waals surface area contributed by atoms with Crippen LogP contribution in [0.25, 0.3) is 0 Å². The van der Waals surface area contributed by atoms with Crippen LogP contribution in [-0.4, -0.2) is 51.0 Å². The molecular weight excluding hydrogens is 304 g/mol. The molecule has 0 radical (unpaired) electrons. The van der Waals surface area contributed by atoms with Crippen LogP contribution in [0.3, 0.4) is 0 Å². The Morgan fingerprint density at radius 1 is 1.17 bits per heavy atom. The number of aromatic nitrogens is 3. The van der Waals surface area contributed by atoms with Crippen molar-refractivity contribution in [3.63, 3.8) is 0 Å². The maximum Gasteiger partial charge on any atom is 0.0858 e. The average molecular weight is 337 g/mol. The number of hydrogen-bond acceptors (Lipinski definition) is 4. The van der Waals surface area contributed by atoms with E-state index in [0.29, 0.717) is 12.0 Å². The smallest absolute Gasteiger partial charge is 0.0858 e. The summed E-state index contributed by atoms with van der Waals surface area (Å²) in [6.45, 7) is 6.01. The van der Waals surface area contributed by atoms with Crippen molar-refractivity contribution in [3.8, 4) is 0 Å². The largest absolute Gasteiger partial charge is 0.303 e. The lowest BCUT2D eigenvalue weighted by atomic mass is 9.87. The van der Waals surface area contributed by atoms with Gasteiger partial charge in [0.15, 0.2) is 0 Å². The molecule has 5 heteroatoms. The Kier molecular flexibility index (Phi) is 6.40. The van der Waals surface area contributed by atoms with Gasteiger partial charge < -0.3 is 4.90 Å². The number of likely N-dealkylation sites (tertiary alicyclic amines) is 1. The number of rotatable bonds is 6. The Hall–Kier alpha value is -0.550. The van der Waals surface area contributed by atoms with Crippen LogP contribution in [-0.2, 0) is 0 Å². The molecule has 1 aliphatic heterocycles. The maximum absolute atomic E-state index is 4.50. The van der Waals surface area contributed by atoms with Crippen LogP contribution < -0.4 is 0 Å². The molecule has 1 atom stereocenters. The topological polar surface area (TPSA) is 34.0 Å². The van der Waals surface area contributed by atoms with Crippen molar-refractivity contribution in [1.29, 1.82) is 0 Å². The van der Waals surface area contributed by atoms with Gasteiger partial charge in [0.05, 0.1) is 11.7 Å². The molecule has 130 valence electrons. The Morgan fingerprint density at radius 3 is 2.61 bits per heavy atom. The lowest BCUT2D eigenvalue weighted by Gasteiger charge is -2.32. The van der Waals surface area contributed by atoms with E-state index in [1.807, 2.05) is 11.8 Å². The first kappa shape index (κ1) is 17.3. The second kappa shape index (κ2) is 8.52. The lowest BCUT2D eigenvalue weighted by molar-refractivity contribution is 0.177. The lowest BCUT2D eigenvalue weighted by Crippen LogP contribution is -2.36. The number of piperidine rings is 1. The fraction of sp³-hybridized carbons (Fsp3) is 0.889. The predicted octanol–water partition coefficient (Wildman–Crippen LogP) is 4.10. The zero-order valence-corrected chi connectivity index (χ0v) is 15.6. The van der Waals surface area contributed by atoms with E-state index >= 15 is 0 Å². The van der Waals surface area contributed by atoms with Crippen molar-refractivity contribution in [2.45, 2.75) is 75.5 Å². The summed E-state index contributed by atoms with van der Waals surface area (Å²) >= 11 is 1.98. The fourth-order valence-electron chi connectivity index (χ4n) is 3.94. The zero-order chi connectivity index (χ0) is 16.1. The highest BCUT2D eigenvalue weighted by Gasteiger charge is 2.24. The third-order valence-corrected chi connectivity index (χ3v) is 6.78. The van der Waals surface area contributed by atoms with Crippen molar-refractivity contribution < 1.29 is 0 Å². The summed E-state index contributed by atoms with van der Waals surface area (Å²) in [4.78, 5) is 2.63. The summed E-state index contributed by atoms with van der Waals surface area (Å²) in [7, 11) is 0. The van der Waals surface area contributed by atoms with Gasteiger partial charge in [0.25, 0.3) is 0 Å². The molecule has 0 unspecified atom stereocenters. The normalized spacial score (nSPS) is 23.2. The van der Waals surface area contributed by atoms with Gasteiger partial charge in [-0.2, -0.15) is 11.8 Å². The van der Waals surface area contributed by atoms with Gasteiger partial charge in [0.1, 0.15) is 0 Å². The number of hydrogen-bond donors (Lipinski definition) is 0. The van der Waals surface area contributed by atoms with Crippen LogP contribution in [0.1, 0.15) is 75.9 Å². The maximum atomic E-state index is 4.50. The summed E-state index contributed by atoms with van der Waals surface area (Å²) in [5.41, 5.74) is 1.25. The van der Waals surface area contributed by atoms with Gasteiger partial charge in [-0.05, 0) is 44.9 Å². The number of nitrogens with zero attached hydrogens (tertiary/aromatic N) is 4. The van der Waals surface area contributed by atoms with E-state index < -0.39 is 0 Å². The molecular formula is C18H32N4S. The van der Waals surface area contributed by atoms with Crippen LogP contribution in [0.5, 0.6) is 0 Å².